The van der Waals surface area contributed by atoms with Gasteiger partial charge in [0.2, 0.25) is 12.4 Å². The number of hydrogen-bond donors (Lipinski definition) is 0. The third-order valence-corrected chi connectivity index (χ3v) is 5.16. The largest absolute Gasteiger partial charge is 0.467 e. The molecule has 37 heavy (non-hydrogen) atoms. The van der Waals surface area contributed by atoms with Gasteiger partial charge in [0.1, 0.15) is 5.75 Å². The van der Waals surface area contributed by atoms with Gasteiger partial charge in [-0.05, 0) is 6.07 Å². The molecule has 2 aliphatic rings. The van der Waals surface area contributed by atoms with Gasteiger partial charge in [0.15, 0.2) is 24.6 Å². The Bertz CT molecular complexity index is 1050. The van der Waals surface area contributed by atoms with E-state index in [1.165, 1.54) is 6.07 Å². The van der Waals surface area contributed by atoms with Crippen LogP contribution < -0.4 is 4.74 Å². The monoisotopic (exact) mass is 527 g/mol. The Morgan fingerprint density at radius 2 is 1.49 bits per heavy atom. The van der Waals surface area contributed by atoms with Crippen LogP contribution in [0.3, 0.4) is 0 Å². The number of esters is 4. The maximum Gasteiger partial charge on any atom is 0.339 e. The van der Waals surface area contributed by atoms with E-state index in [1.807, 2.05) is 0 Å². The summed E-state index contributed by atoms with van der Waals surface area (Å²) < 4.78 is 43.1. The molecule has 1 aromatic rings. The normalized spacial score (nSPS) is 25.6. The number of non-ortho nitro benzene ring substituents is 1. The highest BCUT2D eigenvalue weighted by atomic mass is 16.7. The molecule has 0 radical (unpaired) electrons. The van der Waals surface area contributed by atoms with E-state index in [2.05, 4.69) is 0 Å². The third kappa shape index (κ3) is 6.69. The first-order valence-electron chi connectivity index (χ1n) is 10.9. The molecule has 2 fully saturated rings. The predicted molar refractivity (Wildman–Crippen MR) is 116 cm³/mol. The van der Waals surface area contributed by atoms with Gasteiger partial charge in [-0.3, -0.25) is 24.5 Å². The summed E-state index contributed by atoms with van der Waals surface area (Å²) in [5, 5.41) is 11.3. The Hall–Kier alpha value is -3.82. The van der Waals surface area contributed by atoms with Crippen LogP contribution in [0.25, 0.3) is 0 Å². The van der Waals surface area contributed by atoms with Crippen LogP contribution in [0.2, 0.25) is 0 Å². The molecule has 1 aromatic carbocycles. The second-order valence-electron chi connectivity index (χ2n) is 7.84. The zero-order chi connectivity index (χ0) is 27.3. The third-order valence-electron chi connectivity index (χ3n) is 5.16. The predicted octanol–water partition coefficient (Wildman–Crippen LogP) is 0.712. The Labute approximate surface area is 209 Å². The summed E-state index contributed by atoms with van der Waals surface area (Å²) >= 11 is 0. The van der Waals surface area contributed by atoms with Crippen molar-refractivity contribution < 1.29 is 62.0 Å². The summed E-state index contributed by atoms with van der Waals surface area (Å²) in [6.07, 6.45) is -9.04. The second-order valence-corrected chi connectivity index (χ2v) is 7.84. The highest BCUT2D eigenvalue weighted by Crippen LogP contribution is 2.37. The molecular formula is C22H25NO14. The SMILES string of the molecule is COC(=O)[C@H]1O[C@@H](Oc2ccc([N+](=O)[O-])cc2C2OCCO2)[C@H](OC(C)=O)[C@@H](OC(C)=O)[C@@H]1OC(C)=O. The van der Waals surface area contributed by atoms with Crippen LogP contribution >= 0.6 is 0 Å². The first kappa shape index (κ1) is 27.8. The maximum atomic E-state index is 12.6. The molecule has 0 amide bonds. The van der Waals surface area contributed by atoms with E-state index >= 15 is 0 Å². The number of nitrogens with zero attached hydrogens (tertiary/aromatic N) is 1. The molecule has 0 unspecified atom stereocenters. The smallest absolute Gasteiger partial charge is 0.339 e. The summed E-state index contributed by atoms with van der Waals surface area (Å²) in [7, 11) is 1.05. The number of carbonyl (C=O) groups is 4. The lowest BCUT2D eigenvalue weighted by atomic mass is 9.97. The van der Waals surface area contributed by atoms with Crippen molar-refractivity contribution in [3.63, 3.8) is 0 Å². The molecule has 0 aromatic heterocycles. The van der Waals surface area contributed by atoms with Crippen molar-refractivity contribution in [1.82, 2.24) is 0 Å². The number of rotatable bonds is 8. The zero-order valence-corrected chi connectivity index (χ0v) is 20.3. The number of methoxy groups -OCH3 is 1. The first-order chi connectivity index (χ1) is 17.5. The minimum absolute atomic E-state index is 0.0456. The van der Waals surface area contributed by atoms with Gasteiger partial charge in [-0.15, -0.1) is 0 Å². The molecule has 15 heteroatoms. The topological polar surface area (TPSA) is 185 Å². The number of nitro benzene ring substituents is 1. The van der Waals surface area contributed by atoms with Crippen LogP contribution in [0.4, 0.5) is 5.69 Å². The lowest BCUT2D eigenvalue weighted by Gasteiger charge is -2.43. The number of hydrogen-bond acceptors (Lipinski definition) is 14. The lowest BCUT2D eigenvalue weighted by molar-refractivity contribution is -0.385. The van der Waals surface area contributed by atoms with Gasteiger partial charge in [0.25, 0.3) is 5.69 Å². The van der Waals surface area contributed by atoms with Crippen molar-refractivity contribution in [2.75, 3.05) is 20.3 Å². The summed E-state index contributed by atoms with van der Waals surface area (Å²) in [5.74, 6) is -3.61. The maximum absolute atomic E-state index is 12.6. The van der Waals surface area contributed by atoms with Gasteiger partial charge in [0, 0.05) is 32.9 Å². The molecule has 2 saturated heterocycles. The van der Waals surface area contributed by atoms with Crippen molar-refractivity contribution in [3.8, 4) is 5.75 Å². The van der Waals surface area contributed by atoms with Gasteiger partial charge < -0.3 is 37.9 Å². The molecule has 0 spiro atoms. The van der Waals surface area contributed by atoms with E-state index < -0.39 is 65.8 Å². The van der Waals surface area contributed by atoms with E-state index in [-0.39, 0.29) is 30.2 Å². The molecule has 2 heterocycles. The summed E-state index contributed by atoms with van der Waals surface area (Å²) in [6.45, 7) is 3.59. The Morgan fingerprint density at radius 1 is 0.919 bits per heavy atom. The molecule has 0 bridgehead atoms. The zero-order valence-electron chi connectivity index (χ0n) is 20.3. The highest BCUT2D eigenvalue weighted by Gasteiger charge is 2.56. The molecule has 0 saturated carbocycles. The number of nitro groups is 1. The minimum Gasteiger partial charge on any atom is -0.467 e. The summed E-state index contributed by atoms with van der Waals surface area (Å²) in [4.78, 5) is 58.9. The van der Waals surface area contributed by atoms with Gasteiger partial charge in [0.05, 0.1) is 30.8 Å². The fourth-order valence-electron chi connectivity index (χ4n) is 3.78. The molecule has 3 rings (SSSR count). The summed E-state index contributed by atoms with van der Waals surface area (Å²) in [5.41, 5.74) is -0.180. The quantitative estimate of drug-likeness (QED) is 0.199. The van der Waals surface area contributed by atoms with Gasteiger partial charge >= 0.3 is 23.9 Å². The standard InChI is InChI=1S/C22H25NO14/c1-10(24)33-16-17(34-11(2)25)19(35-12(3)26)22(37-18(16)20(27)30-4)36-15-6-5-13(23(28)29)9-14(15)21-31-7-8-32-21/h5-6,9,16-19,21-22H,7-8H2,1-4H3/t16-,17-,18-,19+,22+/m0/s1. The van der Waals surface area contributed by atoms with Crippen LogP contribution in [-0.4, -0.2) is 79.8 Å². The molecule has 0 N–H and O–H groups in total. The fourth-order valence-corrected chi connectivity index (χ4v) is 3.78. The lowest BCUT2D eigenvalue weighted by Crippen LogP contribution is -2.64. The van der Waals surface area contributed by atoms with E-state index in [4.69, 9.17) is 37.9 Å². The minimum atomic E-state index is -1.67. The number of ether oxygens (including phenoxy) is 8. The highest BCUT2D eigenvalue weighted by molar-refractivity contribution is 5.77. The molecule has 15 nitrogen and oxygen atoms in total. The van der Waals surface area contributed by atoms with E-state index in [1.54, 1.807) is 0 Å². The van der Waals surface area contributed by atoms with E-state index in [9.17, 15) is 29.3 Å². The van der Waals surface area contributed by atoms with Crippen LogP contribution in [0, 0.1) is 10.1 Å². The first-order valence-corrected chi connectivity index (χ1v) is 10.9. The summed E-state index contributed by atoms with van der Waals surface area (Å²) in [6, 6.07) is 3.54. The van der Waals surface area contributed by atoms with Crippen LogP contribution in [-0.2, 0) is 52.3 Å². The van der Waals surface area contributed by atoms with Crippen molar-refractivity contribution in [2.45, 2.75) is 57.8 Å². The van der Waals surface area contributed by atoms with E-state index in [0.29, 0.717) is 0 Å². The molecular weight excluding hydrogens is 502 g/mol. The second kappa shape index (κ2) is 11.9. The van der Waals surface area contributed by atoms with Gasteiger partial charge in [-0.2, -0.15) is 0 Å². The van der Waals surface area contributed by atoms with Crippen LogP contribution in [0.15, 0.2) is 18.2 Å². The van der Waals surface area contributed by atoms with Gasteiger partial charge in [-0.1, -0.05) is 0 Å². The van der Waals surface area contributed by atoms with Crippen LogP contribution in [0.5, 0.6) is 5.75 Å². The molecule has 2 aliphatic heterocycles. The average Bonchev–Trinajstić information content (AvgIpc) is 3.36. The average molecular weight is 527 g/mol. The number of carbonyl (C=O) groups excluding carboxylic acids is 4. The van der Waals surface area contributed by atoms with Crippen molar-refractivity contribution in [3.05, 3.63) is 33.9 Å². The Morgan fingerprint density at radius 3 is 2.03 bits per heavy atom. The Kier molecular flexibility index (Phi) is 8.96. The number of benzene rings is 1. The van der Waals surface area contributed by atoms with Crippen molar-refractivity contribution in [2.24, 2.45) is 0 Å². The molecule has 5 atom stereocenters. The molecule has 202 valence electrons. The Balaban J connectivity index is 2.07. The van der Waals surface area contributed by atoms with Crippen molar-refractivity contribution >= 4 is 29.6 Å². The molecule has 0 aliphatic carbocycles. The van der Waals surface area contributed by atoms with Crippen molar-refractivity contribution in [1.29, 1.82) is 0 Å². The fraction of sp³-hybridized carbons (Fsp3) is 0.545. The van der Waals surface area contributed by atoms with Crippen LogP contribution in [0.1, 0.15) is 32.6 Å². The van der Waals surface area contributed by atoms with Gasteiger partial charge in [-0.25, -0.2) is 4.79 Å². The van der Waals surface area contributed by atoms with E-state index in [0.717, 1.165) is 40.0 Å².